The number of rotatable bonds is 5. The van der Waals surface area contributed by atoms with Gasteiger partial charge in [-0.15, -0.1) is 0 Å². The predicted octanol–water partition coefficient (Wildman–Crippen LogP) is 2.38. The molecule has 0 radical (unpaired) electrons. The summed E-state index contributed by atoms with van der Waals surface area (Å²) < 4.78 is 35.1. The molecule has 27 heavy (non-hydrogen) atoms. The number of ether oxygens (including phenoxy) is 1. The quantitative estimate of drug-likeness (QED) is 0.354. The van der Waals surface area contributed by atoms with Gasteiger partial charge in [-0.1, -0.05) is 6.92 Å². The first-order valence-corrected chi connectivity index (χ1v) is 10.3. The van der Waals surface area contributed by atoms with E-state index >= 15 is 0 Å². The van der Waals surface area contributed by atoms with E-state index in [1.165, 1.54) is 0 Å². The van der Waals surface area contributed by atoms with Crippen molar-refractivity contribution in [3.63, 3.8) is 0 Å². The minimum Gasteiger partial charge on any atom is -0.485 e. The van der Waals surface area contributed by atoms with Crippen molar-refractivity contribution in [1.29, 1.82) is 10.5 Å². The second-order valence-corrected chi connectivity index (χ2v) is 8.42. The molecule has 0 unspecified atom stereocenters. The number of fused-ring (bicyclic) bond motifs is 1. The molecule has 1 aromatic rings. The highest BCUT2D eigenvalue weighted by atomic mass is 32.2. The van der Waals surface area contributed by atoms with Gasteiger partial charge in [0.15, 0.2) is 0 Å². The first-order chi connectivity index (χ1) is 12.6. The molecule has 2 rings (SSSR count). The van der Waals surface area contributed by atoms with Crippen LogP contribution in [-0.2, 0) is 14.3 Å². The highest BCUT2D eigenvalue weighted by Crippen LogP contribution is 2.42. The lowest BCUT2D eigenvalue weighted by atomic mass is 9.85. The topological polar surface area (TPSA) is 125 Å². The average Bonchev–Trinajstić information content (AvgIpc) is 2.57. The molecule has 9 heteroatoms. The second kappa shape index (κ2) is 7.95. The van der Waals surface area contributed by atoms with Crippen LogP contribution >= 0.6 is 0 Å². The van der Waals surface area contributed by atoms with Crippen LogP contribution in [0.15, 0.2) is 23.2 Å². The largest absolute Gasteiger partial charge is 0.485 e. The van der Waals surface area contributed by atoms with Gasteiger partial charge in [-0.05, 0) is 38.5 Å². The summed E-state index contributed by atoms with van der Waals surface area (Å²) in [6.07, 6.45) is 3.03. The second-order valence-electron chi connectivity index (χ2n) is 6.82. The van der Waals surface area contributed by atoms with Crippen LogP contribution in [0.3, 0.4) is 0 Å². The predicted molar refractivity (Wildman–Crippen MR) is 99.4 cm³/mol. The van der Waals surface area contributed by atoms with E-state index in [0.717, 1.165) is 12.7 Å². The Morgan fingerprint density at radius 2 is 2.11 bits per heavy atom. The van der Waals surface area contributed by atoms with Gasteiger partial charge in [0.25, 0.3) is 10.1 Å². The zero-order valence-corrected chi connectivity index (χ0v) is 16.5. The molecule has 0 aromatic heterocycles. The van der Waals surface area contributed by atoms with Gasteiger partial charge in [0.1, 0.15) is 23.3 Å². The summed E-state index contributed by atoms with van der Waals surface area (Å²) in [6.45, 7) is 5.38. The number of nitrogens with one attached hydrogen (secondary N) is 1. The smallest absolute Gasteiger partial charge is 0.264 e. The number of hydrogen-bond donors (Lipinski definition) is 1. The summed E-state index contributed by atoms with van der Waals surface area (Å²) in [6, 6.07) is 6.30. The Morgan fingerprint density at radius 3 is 2.67 bits per heavy atom. The van der Waals surface area contributed by atoms with Gasteiger partial charge < -0.3 is 10.1 Å². The minimum atomic E-state index is -3.80. The van der Waals surface area contributed by atoms with Crippen LogP contribution in [0, 0.1) is 22.8 Å². The Bertz CT molecular complexity index is 926. The van der Waals surface area contributed by atoms with E-state index in [-0.39, 0.29) is 0 Å². The molecule has 0 fully saturated rings. The third-order valence-electron chi connectivity index (χ3n) is 4.11. The maximum Gasteiger partial charge on any atom is 0.264 e. The maximum absolute atomic E-state index is 11.9. The Hall–Kier alpha value is -2.62. The SMILES string of the molecule is CCCC(=NC#N)N[C@@H]1c2cc(C#N)ccc2OC(C)(C)[C@H]1OS(C)(=O)=O. The summed E-state index contributed by atoms with van der Waals surface area (Å²) in [5.41, 5.74) is -0.0220. The van der Waals surface area contributed by atoms with Crippen LogP contribution in [-0.4, -0.2) is 32.2 Å². The molecule has 1 aliphatic heterocycles. The zero-order chi connectivity index (χ0) is 20.2. The molecule has 0 saturated heterocycles. The van der Waals surface area contributed by atoms with Crippen molar-refractivity contribution >= 4 is 16.0 Å². The average molecular weight is 390 g/mol. The Labute approximate surface area is 159 Å². The van der Waals surface area contributed by atoms with E-state index in [4.69, 9.17) is 14.2 Å². The number of hydrogen-bond acceptors (Lipinski definition) is 7. The Kier molecular flexibility index (Phi) is 6.09. The third kappa shape index (κ3) is 4.97. The molecule has 1 N–H and O–H groups in total. The third-order valence-corrected chi connectivity index (χ3v) is 4.66. The van der Waals surface area contributed by atoms with E-state index in [0.29, 0.717) is 29.1 Å². The number of nitriles is 2. The first-order valence-electron chi connectivity index (χ1n) is 8.44. The monoisotopic (exact) mass is 390 g/mol. The lowest BCUT2D eigenvalue weighted by molar-refractivity contribution is -0.0431. The fourth-order valence-corrected chi connectivity index (χ4v) is 3.73. The molecule has 0 spiro atoms. The van der Waals surface area contributed by atoms with Gasteiger partial charge >= 0.3 is 0 Å². The molecule has 144 valence electrons. The first kappa shape index (κ1) is 20.7. The molecule has 8 nitrogen and oxygen atoms in total. The maximum atomic E-state index is 11.9. The van der Waals surface area contributed by atoms with Gasteiger partial charge in [-0.2, -0.15) is 23.9 Å². The number of nitrogens with zero attached hydrogens (tertiary/aromatic N) is 3. The van der Waals surface area contributed by atoms with Crippen molar-refractivity contribution in [1.82, 2.24) is 5.32 Å². The Morgan fingerprint density at radius 1 is 1.41 bits per heavy atom. The van der Waals surface area contributed by atoms with Gasteiger partial charge in [-0.25, -0.2) is 0 Å². The van der Waals surface area contributed by atoms with E-state index in [1.807, 2.05) is 6.92 Å². The lowest BCUT2D eigenvalue weighted by Gasteiger charge is -2.44. The fraction of sp³-hybridized carbons (Fsp3) is 0.500. The normalized spacial score (nSPS) is 21.3. The minimum absolute atomic E-state index is 0.399. The highest BCUT2D eigenvalue weighted by molar-refractivity contribution is 7.86. The van der Waals surface area contributed by atoms with Gasteiger partial charge in [0, 0.05) is 12.0 Å². The number of benzene rings is 1. The van der Waals surface area contributed by atoms with Crippen LogP contribution in [0.4, 0.5) is 0 Å². The van der Waals surface area contributed by atoms with Gasteiger partial charge in [0.05, 0.1) is 23.9 Å². The standard InChI is InChI=1S/C18H22N4O4S/c1-5-6-15(21-11-20)22-16-13-9-12(10-19)7-8-14(13)25-18(2,3)17(16)26-27(4,23)24/h7-9,16-17H,5-6H2,1-4H3,(H,21,22)/t16-,17+/m1/s1. The summed E-state index contributed by atoms with van der Waals surface area (Å²) in [5.74, 6) is 0.927. The molecule has 0 amide bonds. The van der Waals surface area contributed by atoms with E-state index in [9.17, 15) is 13.7 Å². The van der Waals surface area contributed by atoms with Crippen molar-refractivity contribution in [3.05, 3.63) is 29.3 Å². The zero-order valence-electron chi connectivity index (χ0n) is 15.7. The van der Waals surface area contributed by atoms with Gasteiger partial charge in [-0.3, -0.25) is 4.18 Å². The van der Waals surface area contributed by atoms with Crippen molar-refractivity contribution in [2.24, 2.45) is 4.99 Å². The molecular weight excluding hydrogens is 368 g/mol. The number of aliphatic imine (C=N–C) groups is 1. The summed E-state index contributed by atoms with van der Waals surface area (Å²) in [4.78, 5) is 3.80. The van der Waals surface area contributed by atoms with Crippen LogP contribution in [0.2, 0.25) is 0 Å². The van der Waals surface area contributed by atoms with Crippen molar-refractivity contribution < 1.29 is 17.3 Å². The van der Waals surface area contributed by atoms with Crippen LogP contribution in [0.1, 0.15) is 50.8 Å². The molecule has 2 atom stereocenters. The number of amidine groups is 1. The molecule has 0 bridgehead atoms. The molecule has 1 aliphatic rings. The van der Waals surface area contributed by atoms with Gasteiger partial charge in [0.2, 0.25) is 6.19 Å². The van der Waals surface area contributed by atoms with Crippen LogP contribution in [0.5, 0.6) is 5.75 Å². The molecule has 0 saturated carbocycles. The summed E-state index contributed by atoms with van der Waals surface area (Å²) in [7, 11) is -3.80. The van der Waals surface area contributed by atoms with E-state index in [1.54, 1.807) is 38.2 Å². The highest BCUT2D eigenvalue weighted by Gasteiger charge is 2.47. The molecular formula is C18H22N4O4S. The summed E-state index contributed by atoms with van der Waals surface area (Å²) >= 11 is 0. The van der Waals surface area contributed by atoms with Crippen molar-refractivity contribution in [3.8, 4) is 18.0 Å². The van der Waals surface area contributed by atoms with Crippen LogP contribution < -0.4 is 10.1 Å². The lowest BCUT2D eigenvalue weighted by Crippen LogP contribution is -2.55. The fourth-order valence-electron chi connectivity index (χ4n) is 3.01. The van der Waals surface area contributed by atoms with Crippen molar-refractivity contribution in [2.45, 2.75) is 51.4 Å². The van der Waals surface area contributed by atoms with E-state index in [2.05, 4.69) is 16.4 Å². The molecule has 1 aromatic carbocycles. The summed E-state index contributed by atoms with van der Waals surface area (Å²) in [5, 5.41) is 21.3. The Balaban J connectivity index is 2.61. The molecule has 0 aliphatic carbocycles. The molecule has 1 heterocycles. The van der Waals surface area contributed by atoms with E-state index < -0.39 is 27.9 Å². The van der Waals surface area contributed by atoms with Crippen molar-refractivity contribution in [2.75, 3.05) is 6.26 Å². The van der Waals surface area contributed by atoms with Crippen LogP contribution in [0.25, 0.3) is 0 Å².